The Morgan fingerprint density at radius 3 is 2.48 bits per heavy atom. The van der Waals surface area contributed by atoms with Crippen molar-refractivity contribution in [2.24, 2.45) is 5.41 Å². The second-order valence-electron chi connectivity index (χ2n) is 18.3. The van der Waals surface area contributed by atoms with Gasteiger partial charge in [-0.3, -0.25) is 19.8 Å². The number of aromatic amines is 1. The van der Waals surface area contributed by atoms with Gasteiger partial charge in [0, 0.05) is 74.2 Å². The van der Waals surface area contributed by atoms with E-state index in [0.717, 1.165) is 73.2 Å². The lowest BCUT2D eigenvalue weighted by Gasteiger charge is -2.39. The van der Waals surface area contributed by atoms with E-state index in [1.54, 1.807) is 29.2 Å². The Labute approximate surface area is 381 Å². The molecule has 0 bridgehead atoms. The Bertz CT molecular complexity index is 2940. The number of H-pyrrole nitrogens is 1. The van der Waals surface area contributed by atoms with Crippen molar-refractivity contribution in [1.82, 2.24) is 34.3 Å². The van der Waals surface area contributed by atoms with Crippen LogP contribution in [0.2, 0.25) is 5.02 Å². The fourth-order valence-corrected chi connectivity index (χ4v) is 10.2. The number of nitrogens with one attached hydrogen (secondary N) is 2. The molecule has 6 aromatic rings. The number of benzene rings is 3. The average molecular weight is 924 g/mol. The molecule has 2 saturated heterocycles. The summed E-state index contributed by atoms with van der Waals surface area (Å²) in [6.07, 6.45) is 6.91. The third-order valence-electron chi connectivity index (χ3n) is 13.1. The summed E-state index contributed by atoms with van der Waals surface area (Å²) in [6.45, 7) is 9.15. The van der Waals surface area contributed by atoms with E-state index in [0.29, 0.717) is 48.5 Å². The number of carbonyl (C=O) groups is 1. The van der Waals surface area contributed by atoms with Crippen molar-refractivity contribution in [1.29, 1.82) is 0 Å². The summed E-state index contributed by atoms with van der Waals surface area (Å²) in [7, 11) is -2.79. The van der Waals surface area contributed by atoms with Crippen molar-refractivity contribution < 1.29 is 27.3 Å². The number of nitro groups is 1. The van der Waals surface area contributed by atoms with Crippen LogP contribution in [-0.2, 0) is 10.0 Å². The number of nitro benzene ring substituents is 1. The highest BCUT2D eigenvalue weighted by atomic mass is 35.5. The van der Waals surface area contributed by atoms with E-state index in [-0.39, 0.29) is 29.6 Å². The normalized spacial score (nSPS) is 18.3. The first-order chi connectivity index (χ1) is 31.0. The molecule has 3 aromatic carbocycles. The van der Waals surface area contributed by atoms with E-state index in [1.165, 1.54) is 16.7 Å². The Morgan fingerprint density at radius 1 is 0.985 bits per heavy atom. The van der Waals surface area contributed by atoms with Gasteiger partial charge < -0.3 is 19.5 Å². The minimum absolute atomic E-state index is 0.00200. The first-order valence-electron chi connectivity index (χ1n) is 21.8. The molecule has 0 spiro atoms. The third kappa shape index (κ3) is 9.46. The number of rotatable bonds is 12. The fourth-order valence-electron chi connectivity index (χ4n) is 9.13. The molecule has 2 fully saturated rings. The number of piperazine rings is 1. The van der Waals surface area contributed by atoms with Crippen molar-refractivity contribution in [3.8, 4) is 11.4 Å². The molecule has 1 amide bonds. The Hall–Kier alpha value is -5.88. The van der Waals surface area contributed by atoms with Gasteiger partial charge in [0.2, 0.25) is 0 Å². The molecule has 3 aromatic heterocycles. The number of pyridine rings is 1. The van der Waals surface area contributed by atoms with Crippen LogP contribution in [0, 0.1) is 15.5 Å². The number of likely N-dealkylation sites (tertiary alicyclic amines) is 1. The number of anilines is 1. The number of piperidine rings is 1. The van der Waals surface area contributed by atoms with Gasteiger partial charge in [-0.25, -0.2) is 27.2 Å². The second kappa shape index (κ2) is 17.5. The number of nitrogens with zero attached hydrogens (tertiary/aromatic N) is 7. The zero-order valence-electron chi connectivity index (χ0n) is 36.5. The number of aromatic nitrogens is 4. The molecule has 0 unspecified atom stereocenters. The molecule has 0 radical (unpaired) electrons. The van der Waals surface area contributed by atoms with Crippen LogP contribution < -0.4 is 14.4 Å². The molecule has 0 atom stereocenters. The Kier molecular flexibility index (Phi) is 11.9. The zero-order chi connectivity index (χ0) is 45.7. The molecule has 2 N–H and O–H groups in total. The molecular weight excluding hydrogens is 873 g/mol. The maximum atomic E-state index is 15.4. The fraction of sp³-hybridized carbons (Fsp3) is 0.383. The lowest BCUT2D eigenvalue weighted by molar-refractivity contribution is -0.386. The van der Waals surface area contributed by atoms with Crippen LogP contribution in [0.1, 0.15) is 61.9 Å². The molecule has 15 nitrogen and oxygen atoms in total. The number of sulfonamides is 1. The van der Waals surface area contributed by atoms with Gasteiger partial charge in [-0.05, 0) is 110 Å². The average Bonchev–Trinajstić information content (AvgIpc) is 3.93. The van der Waals surface area contributed by atoms with Gasteiger partial charge in [0.1, 0.15) is 23.4 Å². The molecule has 5 heterocycles. The number of carbonyl (C=O) groups excluding carboxylic acids is 1. The zero-order valence-corrected chi connectivity index (χ0v) is 38.1. The maximum Gasteiger partial charge on any atom is 0.312 e. The number of hydrogen-bond donors (Lipinski definition) is 2. The van der Waals surface area contributed by atoms with E-state index in [1.807, 2.05) is 42.3 Å². The molecule has 3 aliphatic rings. The molecule has 18 heteroatoms. The van der Waals surface area contributed by atoms with Crippen LogP contribution >= 0.6 is 11.6 Å². The molecule has 1 aliphatic carbocycles. The van der Waals surface area contributed by atoms with Crippen LogP contribution in [0.15, 0.2) is 95.7 Å². The summed E-state index contributed by atoms with van der Waals surface area (Å²) in [5.74, 6) is -1.25. The molecule has 65 heavy (non-hydrogen) atoms. The molecule has 9 rings (SSSR count). The number of fused-ring (bicyclic) bond motifs is 2. The van der Waals surface area contributed by atoms with Gasteiger partial charge >= 0.3 is 5.69 Å². The predicted octanol–water partition coefficient (Wildman–Crippen LogP) is 8.18. The highest BCUT2D eigenvalue weighted by Gasteiger charge is 2.36. The largest absolute Gasteiger partial charge is 0.483 e. The van der Waals surface area contributed by atoms with Crippen LogP contribution in [0.3, 0.4) is 0 Å². The van der Waals surface area contributed by atoms with E-state index < -0.39 is 43.7 Å². The van der Waals surface area contributed by atoms with Crippen molar-refractivity contribution in [3.05, 3.63) is 117 Å². The smallest absolute Gasteiger partial charge is 0.312 e. The lowest BCUT2D eigenvalue weighted by Crippen LogP contribution is -2.47. The standard InChI is InChI=1S/C47H51ClFN9O6S/c1-46(2)14-12-33(38(27-46)31-4-6-34(48)7-5-31)29-55-20-22-56(23-21-55)35-8-10-37(40(25-35)57-41-24-32-13-17-50-44(32)52-39(41)28-51-57)45(59)53-65(62,63)36-9-11-43(42(26-36)58(60)61)64-30-47(49)15-18-54(3)19-16-47/h4-11,13,17,24-26,28H,12,14-16,18-23,27,29-30H2,1-3H3,(H,50,52)(H,53,59). The number of alkyl halides is 1. The topological polar surface area (TPSA) is 172 Å². The Morgan fingerprint density at radius 2 is 1.74 bits per heavy atom. The minimum atomic E-state index is -4.67. The third-order valence-corrected chi connectivity index (χ3v) is 14.7. The molecular formula is C47H51ClFN9O6S. The predicted molar refractivity (Wildman–Crippen MR) is 249 cm³/mol. The van der Waals surface area contributed by atoms with Crippen LogP contribution in [0.5, 0.6) is 5.75 Å². The quantitative estimate of drug-likeness (QED) is 0.0896. The van der Waals surface area contributed by atoms with Crippen molar-refractivity contribution >= 4 is 66.5 Å². The number of hydrogen-bond acceptors (Lipinski definition) is 11. The highest BCUT2D eigenvalue weighted by molar-refractivity contribution is 7.90. The van der Waals surface area contributed by atoms with Crippen molar-refractivity contribution in [3.63, 3.8) is 0 Å². The monoisotopic (exact) mass is 923 g/mol. The van der Waals surface area contributed by atoms with Crippen LogP contribution in [0.25, 0.3) is 33.3 Å². The van der Waals surface area contributed by atoms with E-state index >= 15 is 4.39 Å². The number of ether oxygens (including phenoxy) is 1. The van der Waals surface area contributed by atoms with Crippen LogP contribution in [0.4, 0.5) is 15.8 Å². The van der Waals surface area contributed by atoms with Crippen molar-refractivity contribution in [2.75, 3.05) is 64.4 Å². The van der Waals surface area contributed by atoms with E-state index in [2.05, 4.69) is 55.6 Å². The van der Waals surface area contributed by atoms with Crippen LogP contribution in [-0.4, -0.2) is 114 Å². The summed E-state index contributed by atoms with van der Waals surface area (Å²) in [4.78, 5) is 39.5. The molecule has 340 valence electrons. The summed E-state index contributed by atoms with van der Waals surface area (Å²) in [5, 5.41) is 18.3. The number of amides is 1. The van der Waals surface area contributed by atoms with E-state index in [4.69, 9.17) is 16.3 Å². The summed E-state index contributed by atoms with van der Waals surface area (Å²) in [6, 6.07) is 20.1. The van der Waals surface area contributed by atoms with Gasteiger partial charge in [-0.15, -0.1) is 0 Å². The summed E-state index contributed by atoms with van der Waals surface area (Å²) in [5.41, 5.74) is 4.88. The van der Waals surface area contributed by atoms with Crippen molar-refractivity contribution in [2.45, 2.75) is 56.5 Å². The minimum Gasteiger partial charge on any atom is -0.483 e. The first-order valence-corrected chi connectivity index (χ1v) is 23.7. The highest BCUT2D eigenvalue weighted by Crippen LogP contribution is 2.43. The number of allylic oxidation sites excluding steroid dienone is 1. The summed E-state index contributed by atoms with van der Waals surface area (Å²) < 4.78 is 52.4. The van der Waals surface area contributed by atoms with Gasteiger partial charge in [0.15, 0.2) is 5.75 Å². The molecule has 2 aliphatic heterocycles. The lowest BCUT2D eigenvalue weighted by atomic mass is 9.72. The summed E-state index contributed by atoms with van der Waals surface area (Å²) >= 11 is 6.25. The van der Waals surface area contributed by atoms with Gasteiger partial charge in [-0.2, -0.15) is 5.10 Å². The molecule has 0 saturated carbocycles. The SMILES string of the molecule is CN1CCC(F)(COc2ccc(S(=O)(=O)NC(=O)c3ccc(N4CCN(CC5=C(c6ccc(Cl)cc6)CC(C)(C)CC5)CC4)cc3-n3ncc4nc5[nH]ccc5cc43)cc2[N+](=O)[O-])CC1. The number of halogens is 2. The van der Waals surface area contributed by atoms with Gasteiger partial charge in [-0.1, -0.05) is 43.2 Å². The van der Waals surface area contributed by atoms with E-state index in [9.17, 15) is 23.3 Å². The van der Waals surface area contributed by atoms with Gasteiger partial charge in [0.25, 0.3) is 15.9 Å². The maximum absolute atomic E-state index is 15.4. The Balaban J connectivity index is 0.972. The van der Waals surface area contributed by atoms with Gasteiger partial charge in [0.05, 0.1) is 32.8 Å². The second-order valence-corrected chi connectivity index (χ2v) is 20.4. The first kappa shape index (κ1) is 44.3.